The highest BCUT2D eigenvalue weighted by molar-refractivity contribution is 5.95. The number of hydrogen-bond donors (Lipinski definition) is 0. The second-order valence-electron chi connectivity index (χ2n) is 6.56. The zero-order chi connectivity index (χ0) is 19.4. The Bertz CT molecular complexity index is 771. The first kappa shape index (κ1) is 20.0. The van der Waals surface area contributed by atoms with Crippen LogP contribution in [0.2, 0.25) is 0 Å². The number of benzene rings is 1. The van der Waals surface area contributed by atoms with E-state index < -0.39 is 29.5 Å². The first-order chi connectivity index (χ1) is 12.3. The van der Waals surface area contributed by atoms with Crippen molar-refractivity contribution in [1.29, 1.82) is 0 Å². The predicted molar refractivity (Wildman–Crippen MR) is 93.7 cm³/mol. The molecule has 2 aromatic rings. The summed E-state index contributed by atoms with van der Waals surface area (Å²) in [4.78, 5) is 14.3. The van der Waals surface area contributed by atoms with E-state index >= 15 is 0 Å². The number of rotatable bonds is 7. The number of nitrogens with zero attached hydrogens (tertiary/aromatic N) is 3. The molecule has 0 unspecified atom stereocenters. The average molecular weight is 367 g/mol. The Morgan fingerprint density at radius 2 is 1.92 bits per heavy atom. The summed E-state index contributed by atoms with van der Waals surface area (Å²) >= 11 is 0. The van der Waals surface area contributed by atoms with Gasteiger partial charge in [-0.25, -0.2) is 13.5 Å². The third-order valence-corrected chi connectivity index (χ3v) is 4.24. The number of carbonyl (C=O) groups is 1. The zero-order valence-corrected chi connectivity index (χ0v) is 15.5. The molecule has 0 atom stereocenters. The minimum Gasteiger partial charge on any atom is -0.334 e. The van der Waals surface area contributed by atoms with Gasteiger partial charge in [-0.1, -0.05) is 45.0 Å². The molecule has 4 nitrogen and oxygen atoms in total. The maximum absolute atomic E-state index is 14.3. The van der Waals surface area contributed by atoms with Crippen molar-refractivity contribution in [3.63, 3.8) is 0 Å². The summed E-state index contributed by atoms with van der Waals surface area (Å²) in [6.45, 7) is 6.53. The lowest BCUT2D eigenvalue weighted by molar-refractivity contribution is 0.0725. The molecule has 0 radical (unpaired) electrons. The van der Waals surface area contributed by atoms with E-state index in [-0.39, 0.29) is 12.5 Å². The van der Waals surface area contributed by atoms with Crippen molar-refractivity contribution in [3.8, 4) is 0 Å². The molecule has 0 bridgehead atoms. The van der Waals surface area contributed by atoms with Gasteiger partial charge in [0.15, 0.2) is 0 Å². The van der Waals surface area contributed by atoms with Gasteiger partial charge in [0.25, 0.3) is 12.3 Å². The molecule has 0 N–H and O–H groups in total. The number of aromatic nitrogens is 2. The molecule has 0 spiro atoms. The molecule has 1 aromatic carbocycles. The highest BCUT2D eigenvalue weighted by Gasteiger charge is 2.31. The second kappa shape index (κ2) is 8.38. The van der Waals surface area contributed by atoms with Crippen LogP contribution in [0, 0.1) is 5.95 Å². The van der Waals surface area contributed by atoms with Crippen LogP contribution in [0.3, 0.4) is 0 Å². The Labute approximate surface area is 151 Å². The molecule has 0 aliphatic rings. The number of amides is 1. The first-order valence-electron chi connectivity index (χ1n) is 8.65. The molecule has 1 amide bonds. The van der Waals surface area contributed by atoms with E-state index in [2.05, 4.69) is 5.10 Å². The van der Waals surface area contributed by atoms with Crippen LogP contribution in [-0.4, -0.2) is 27.1 Å². The minimum atomic E-state index is -3.02. The van der Waals surface area contributed by atoms with Crippen molar-refractivity contribution < 1.29 is 18.0 Å². The SMILES string of the molecule is CCCN(Cc1ccccc1C(C)C)C(=O)c1c(C(F)F)nn(C)c1F. The fraction of sp³-hybridized carbons (Fsp3) is 0.474. The summed E-state index contributed by atoms with van der Waals surface area (Å²) in [5.74, 6) is -1.55. The zero-order valence-electron chi connectivity index (χ0n) is 15.5. The normalized spacial score (nSPS) is 11.4. The molecule has 0 fully saturated rings. The number of aryl methyl sites for hydroxylation is 1. The van der Waals surface area contributed by atoms with Gasteiger partial charge in [-0.15, -0.1) is 0 Å². The molecule has 7 heteroatoms. The van der Waals surface area contributed by atoms with E-state index in [1.54, 1.807) is 0 Å². The third-order valence-electron chi connectivity index (χ3n) is 4.24. The summed E-state index contributed by atoms with van der Waals surface area (Å²) in [6.07, 6.45) is -2.39. The summed E-state index contributed by atoms with van der Waals surface area (Å²) < 4.78 is 41.4. The fourth-order valence-corrected chi connectivity index (χ4v) is 3.00. The third kappa shape index (κ3) is 4.08. The van der Waals surface area contributed by atoms with Crippen molar-refractivity contribution >= 4 is 5.91 Å². The Hall–Kier alpha value is -2.31. The van der Waals surface area contributed by atoms with E-state index in [9.17, 15) is 18.0 Å². The molecule has 0 aliphatic heterocycles. The molecule has 1 heterocycles. The lowest BCUT2D eigenvalue weighted by atomic mass is 9.97. The summed E-state index contributed by atoms with van der Waals surface area (Å²) in [7, 11) is 1.20. The van der Waals surface area contributed by atoms with Gasteiger partial charge in [0.05, 0.1) is 0 Å². The van der Waals surface area contributed by atoms with Gasteiger partial charge in [0.2, 0.25) is 5.95 Å². The number of halogens is 3. The highest BCUT2D eigenvalue weighted by Crippen LogP contribution is 2.27. The topological polar surface area (TPSA) is 38.1 Å². The number of alkyl halides is 2. The standard InChI is InChI=1S/C19H24F3N3O/c1-5-10-25(11-13-8-6-7-9-14(13)12(2)3)19(26)15-16(17(20)21)23-24(4)18(15)22/h6-9,12,17H,5,10-11H2,1-4H3. The number of hydrogen-bond acceptors (Lipinski definition) is 2. The van der Waals surface area contributed by atoms with Crippen LogP contribution in [0.1, 0.15) is 66.7 Å². The van der Waals surface area contributed by atoms with Crippen LogP contribution in [0.5, 0.6) is 0 Å². The minimum absolute atomic E-state index is 0.234. The summed E-state index contributed by atoms with van der Waals surface area (Å²) in [6, 6.07) is 7.66. The number of carbonyl (C=O) groups excluding carboxylic acids is 1. The van der Waals surface area contributed by atoms with E-state index in [0.717, 1.165) is 11.1 Å². The van der Waals surface area contributed by atoms with Crippen LogP contribution in [-0.2, 0) is 13.6 Å². The Balaban J connectivity index is 2.41. The van der Waals surface area contributed by atoms with Crippen LogP contribution >= 0.6 is 0 Å². The molecular formula is C19H24F3N3O. The van der Waals surface area contributed by atoms with Gasteiger partial charge in [-0.2, -0.15) is 9.49 Å². The molecule has 1 aromatic heterocycles. The van der Waals surface area contributed by atoms with E-state index in [1.165, 1.54) is 11.9 Å². The molecule has 0 saturated heterocycles. The van der Waals surface area contributed by atoms with Crippen molar-refractivity contribution in [1.82, 2.24) is 14.7 Å². The summed E-state index contributed by atoms with van der Waals surface area (Å²) in [5.41, 5.74) is 0.542. The predicted octanol–water partition coefficient (Wildman–Crippen LogP) is 4.67. The van der Waals surface area contributed by atoms with Crippen molar-refractivity contribution in [2.24, 2.45) is 7.05 Å². The van der Waals surface area contributed by atoms with Crippen LogP contribution in [0.15, 0.2) is 24.3 Å². The lowest BCUT2D eigenvalue weighted by Gasteiger charge is -2.24. The lowest BCUT2D eigenvalue weighted by Crippen LogP contribution is -2.33. The molecule has 2 rings (SSSR count). The van der Waals surface area contributed by atoms with Crippen molar-refractivity contribution in [2.45, 2.75) is 46.1 Å². The Morgan fingerprint density at radius 3 is 2.50 bits per heavy atom. The average Bonchev–Trinajstić information content (AvgIpc) is 2.89. The maximum Gasteiger partial charge on any atom is 0.283 e. The molecule has 142 valence electrons. The second-order valence-corrected chi connectivity index (χ2v) is 6.56. The quantitative estimate of drug-likeness (QED) is 0.713. The molecule has 0 aliphatic carbocycles. The Kier molecular flexibility index (Phi) is 6.45. The van der Waals surface area contributed by atoms with Crippen LogP contribution < -0.4 is 0 Å². The van der Waals surface area contributed by atoms with Gasteiger partial charge in [-0.3, -0.25) is 4.79 Å². The Morgan fingerprint density at radius 1 is 1.27 bits per heavy atom. The van der Waals surface area contributed by atoms with Gasteiger partial charge < -0.3 is 4.90 Å². The molecular weight excluding hydrogens is 343 g/mol. The monoisotopic (exact) mass is 367 g/mol. The maximum atomic E-state index is 14.3. The highest BCUT2D eigenvalue weighted by atomic mass is 19.3. The first-order valence-corrected chi connectivity index (χ1v) is 8.65. The molecule has 0 saturated carbocycles. The van der Waals surface area contributed by atoms with Gasteiger partial charge in [0, 0.05) is 20.1 Å². The smallest absolute Gasteiger partial charge is 0.283 e. The van der Waals surface area contributed by atoms with Gasteiger partial charge in [-0.05, 0) is 23.5 Å². The van der Waals surface area contributed by atoms with Crippen molar-refractivity contribution in [3.05, 3.63) is 52.6 Å². The van der Waals surface area contributed by atoms with Crippen molar-refractivity contribution in [2.75, 3.05) is 6.54 Å². The van der Waals surface area contributed by atoms with E-state index in [4.69, 9.17) is 0 Å². The van der Waals surface area contributed by atoms with Gasteiger partial charge >= 0.3 is 0 Å². The summed E-state index contributed by atoms with van der Waals surface area (Å²) in [5, 5.41) is 3.47. The van der Waals surface area contributed by atoms with Crippen LogP contribution in [0.4, 0.5) is 13.2 Å². The fourth-order valence-electron chi connectivity index (χ4n) is 3.00. The van der Waals surface area contributed by atoms with Crippen LogP contribution in [0.25, 0.3) is 0 Å². The van der Waals surface area contributed by atoms with Gasteiger partial charge in [0.1, 0.15) is 11.3 Å². The molecule has 26 heavy (non-hydrogen) atoms. The largest absolute Gasteiger partial charge is 0.334 e. The van der Waals surface area contributed by atoms with E-state index in [0.29, 0.717) is 17.6 Å². The van der Waals surface area contributed by atoms with E-state index in [1.807, 2.05) is 45.0 Å².